The number of hydrogen-bond acceptors (Lipinski definition) is 5. The van der Waals surface area contributed by atoms with Crippen molar-refractivity contribution in [2.45, 2.75) is 32.6 Å². The van der Waals surface area contributed by atoms with Crippen LogP contribution in [0.15, 0.2) is 49.1 Å². The molecule has 0 aliphatic carbocycles. The molecule has 1 aromatic heterocycles. The second-order valence-corrected chi connectivity index (χ2v) is 5.32. The van der Waals surface area contributed by atoms with E-state index in [1.165, 1.54) is 12.8 Å². The number of hydrogen-bond donors (Lipinski definition) is 0. The van der Waals surface area contributed by atoms with Gasteiger partial charge < -0.3 is 9.47 Å². The summed E-state index contributed by atoms with van der Waals surface area (Å²) in [5.41, 5.74) is 2.80. The molecule has 0 aliphatic heterocycles. The van der Waals surface area contributed by atoms with Gasteiger partial charge in [0.15, 0.2) is 0 Å². The summed E-state index contributed by atoms with van der Waals surface area (Å²) in [6.07, 6.45) is 5.63. The number of esters is 1. The van der Waals surface area contributed by atoms with E-state index in [2.05, 4.69) is 23.7 Å². The molecule has 5 nitrogen and oxygen atoms in total. The third-order valence-electron chi connectivity index (χ3n) is 3.50. The highest BCUT2D eigenvalue weighted by Crippen LogP contribution is 2.20. The van der Waals surface area contributed by atoms with Gasteiger partial charge in [0.05, 0.1) is 11.4 Å². The summed E-state index contributed by atoms with van der Waals surface area (Å²) >= 11 is 0. The number of carbonyl (C=O) groups is 1. The van der Waals surface area contributed by atoms with Crippen LogP contribution in [0.5, 0.6) is 5.75 Å². The molecule has 0 saturated heterocycles. The van der Waals surface area contributed by atoms with Gasteiger partial charge in [0.1, 0.15) is 5.75 Å². The van der Waals surface area contributed by atoms with Gasteiger partial charge in [-0.2, -0.15) is 10.2 Å². The molecular weight excluding hydrogens is 304 g/mol. The van der Waals surface area contributed by atoms with Gasteiger partial charge in [-0.05, 0) is 49.2 Å². The second kappa shape index (κ2) is 9.45. The normalized spacial score (nSPS) is 10.2. The highest BCUT2D eigenvalue weighted by Gasteiger charge is 2.03. The Labute approximate surface area is 142 Å². The number of unbranched alkanes of at least 4 members (excludes halogenated alkanes) is 2. The third-order valence-corrected chi connectivity index (χ3v) is 3.50. The molecule has 126 valence electrons. The van der Waals surface area contributed by atoms with E-state index in [4.69, 9.17) is 9.47 Å². The van der Waals surface area contributed by atoms with Crippen molar-refractivity contribution in [2.75, 3.05) is 6.79 Å². The third kappa shape index (κ3) is 5.50. The average Bonchev–Trinajstić information content (AvgIpc) is 2.63. The summed E-state index contributed by atoms with van der Waals surface area (Å²) in [7, 11) is 0. The highest BCUT2D eigenvalue weighted by molar-refractivity contribution is 5.81. The van der Waals surface area contributed by atoms with Gasteiger partial charge in [0, 0.05) is 11.6 Å². The van der Waals surface area contributed by atoms with Crippen LogP contribution in [-0.4, -0.2) is 23.0 Å². The summed E-state index contributed by atoms with van der Waals surface area (Å²) in [4.78, 5) is 10.9. The minimum absolute atomic E-state index is 0.142. The van der Waals surface area contributed by atoms with Crippen LogP contribution in [0, 0.1) is 0 Å². The van der Waals surface area contributed by atoms with Crippen LogP contribution in [-0.2, 0) is 16.0 Å². The Morgan fingerprint density at radius 3 is 2.54 bits per heavy atom. The fourth-order valence-corrected chi connectivity index (χ4v) is 2.14. The van der Waals surface area contributed by atoms with Crippen molar-refractivity contribution in [1.82, 2.24) is 10.2 Å². The lowest BCUT2D eigenvalue weighted by Gasteiger charge is -2.07. The van der Waals surface area contributed by atoms with Crippen LogP contribution >= 0.6 is 0 Å². The van der Waals surface area contributed by atoms with Gasteiger partial charge in [0.25, 0.3) is 0 Å². The van der Waals surface area contributed by atoms with Crippen LogP contribution in [0.25, 0.3) is 11.3 Å². The molecule has 0 atom stereocenters. The Morgan fingerprint density at radius 2 is 1.92 bits per heavy atom. The van der Waals surface area contributed by atoms with E-state index in [0.717, 1.165) is 35.9 Å². The Kier molecular flexibility index (Phi) is 6.95. The number of benzene rings is 1. The first-order chi connectivity index (χ1) is 11.7. The summed E-state index contributed by atoms with van der Waals surface area (Å²) in [6, 6.07) is 11.4. The summed E-state index contributed by atoms with van der Waals surface area (Å²) < 4.78 is 10.1. The number of aryl methyl sites for hydroxylation is 1. The second-order valence-electron chi connectivity index (χ2n) is 5.32. The van der Waals surface area contributed by atoms with Crippen LogP contribution in [0.2, 0.25) is 0 Å². The first-order valence-corrected chi connectivity index (χ1v) is 8.08. The molecule has 0 saturated carbocycles. The zero-order valence-corrected chi connectivity index (χ0v) is 13.9. The number of ether oxygens (including phenoxy) is 2. The zero-order chi connectivity index (χ0) is 17.2. The number of aromatic nitrogens is 2. The lowest BCUT2D eigenvalue weighted by atomic mass is 10.1. The smallest absolute Gasteiger partial charge is 0.333 e. The van der Waals surface area contributed by atoms with Crippen LogP contribution in [0.4, 0.5) is 0 Å². The van der Waals surface area contributed by atoms with Crippen molar-refractivity contribution in [3.05, 3.63) is 54.7 Å². The van der Waals surface area contributed by atoms with Crippen LogP contribution < -0.4 is 4.74 Å². The first kappa shape index (κ1) is 17.7. The lowest BCUT2D eigenvalue weighted by molar-refractivity contribution is -0.144. The average molecular weight is 326 g/mol. The molecule has 24 heavy (non-hydrogen) atoms. The number of rotatable bonds is 9. The molecule has 0 N–H and O–H groups in total. The SMILES string of the molecule is C=CC(=O)OCOc1ccc(-c2ccc(CCCCC)nn2)cc1. The quantitative estimate of drug-likeness (QED) is 0.302. The van der Waals surface area contributed by atoms with Crippen molar-refractivity contribution >= 4 is 5.97 Å². The van der Waals surface area contributed by atoms with Gasteiger partial charge in [0.2, 0.25) is 6.79 Å². The molecule has 0 spiro atoms. The largest absolute Gasteiger partial charge is 0.457 e. The number of nitrogens with zero attached hydrogens (tertiary/aromatic N) is 2. The van der Waals surface area contributed by atoms with Crippen molar-refractivity contribution in [2.24, 2.45) is 0 Å². The minimum Gasteiger partial charge on any atom is -0.457 e. The van der Waals surface area contributed by atoms with Gasteiger partial charge in [-0.1, -0.05) is 26.3 Å². The van der Waals surface area contributed by atoms with E-state index in [-0.39, 0.29) is 6.79 Å². The van der Waals surface area contributed by atoms with Crippen LogP contribution in [0.1, 0.15) is 31.9 Å². The van der Waals surface area contributed by atoms with Crippen molar-refractivity contribution in [3.8, 4) is 17.0 Å². The van der Waals surface area contributed by atoms with Gasteiger partial charge in [-0.3, -0.25) is 0 Å². The molecule has 0 unspecified atom stereocenters. The van der Waals surface area contributed by atoms with E-state index in [0.29, 0.717) is 5.75 Å². The summed E-state index contributed by atoms with van der Waals surface area (Å²) in [5, 5.41) is 8.56. The molecule has 0 amide bonds. The molecule has 0 aliphatic rings. The standard InChI is InChI=1S/C19H22N2O3/c1-3-5-6-7-16-10-13-18(21-20-16)15-8-11-17(12-9-15)23-14-24-19(22)4-2/h4,8-13H,2-3,5-7,14H2,1H3. The van der Waals surface area contributed by atoms with Crippen LogP contribution in [0.3, 0.4) is 0 Å². The first-order valence-electron chi connectivity index (χ1n) is 8.08. The highest BCUT2D eigenvalue weighted by atomic mass is 16.7. The fraction of sp³-hybridized carbons (Fsp3) is 0.316. The van der Waals surface area contributed by atoms with E-state index < -0.39 is 5.97 Å². The predicted molar refractivity (Wildman–Crippen MR) is 92.5 cm³/mol. The minimum atomic E-state index is -0.513. The Bertz CT molecular complexity index is 651. The number of carbonyl (C=O) groups excluding carboxylic acids is 1. The maximum atomic E-state index is 10.9. The summed E-state index contributed by atoms with van der Waals surface area (Å²) in [5.74, 6) is 0.0979. The topological polar surface area (TPSA) is 61.3 Å². The van der Waals surface area contributed by atoms with E-state index in [1.54, 1.807) is 12.1 Å². The van der Waals surface area contributed by atoms with Gasteiger partial charge in [-0.25, -0.2) is 4.79 Å². The van der Waals surface area contributed by atoms with Gasteiger partial charge >= 0.3 is 5.97 Å². The van der Waals surface area contributed by atoms with E-state index in [9.17, 15) is 4.79 Å². The van der Waals surface area contributed by atoms with Crippen molar-refractivity contribution in [1.29, 1.82) is 0 Å². The van der Waals surface area contributed by atoms with E-state index >= 15 is 0 Å². The fourth-order valence-electron chi connectivity index (χ4n) is 2.14. The lowest BCUT2D eigenvalue weighted by Crippen LogP contribution is -2.07. The molecule has 2 aromatic rings. The zero-order valence-electron chi connectivity index (χ0n) is 13.9. The molecule has 1 aromatic carbocycles. The molecule has 0 fully saturated rings. The molecular formula is C19H22N2O3. The predicted octanol–water partition coefficient (Wildman–Crippen LogP) is 3.94. The molecule has 1 heterocycles. The molecule has 0 bridgehead atoms. The Balaban J connectivity index is 1.90. The monoisotopic (exact) mass is 326 g/mol. The van der Waals surface area contributed by atoms with Crippen molar-refractivity contribution in [3.63, 3.8) is 0 Å². The Hall–Kier alpha value is -2.69. The Morgan fingerprint density at radius 1 is 1.12 bits per heavy atom. The summed E-state index contributed by atoms with van der Waals surface area (Å²) in [6.45, 7) is 5.36. The van der Waals surface area contributed by atoms with Gasteiger partial charge in [-0.15, -0.1) is 0 Å². The molecule has 0 radical (unpaired) electrons. The molecule has 2 rings (SSSR count). The maximum Gasteiger partial charge on any atom is 0.333 e. The van der Waals surface area contributed by atoms with E-state index in [1.807, 2.05) is 24.3 Å². The molecule has 5 heteroatoms. The van der Waals surface area contributed by atoms with Crippen molar-refractivity contribution < 1.29 is 14.3 Å². The maximum absolute atomic E-state index is 10.9.